The van der Waals surface area contributed by atoms with Crippen LogP contribution < -0.4 is 0 Å². The van der Waals surface area contributed by atoms with Crippen LogP contribution in [-0.2, 0) is 13.0 Å². The quantitative estimate of drug-likeness (QED) is 0.792. The van der Waals surface area contributed by atoms with Gasteiger partial charge in [0.2, 0.25) is 0 Å². The van der Waals surface area contributed by atoms with Crippen LogP contribution in [0.1, 0.15) is 28.8 Å². The number of para-hydroxylation sites is 2. The molecule has 6 nitrogen and oxygen atoms in total. The van der Waals surface area contributed by atoms with E-state index >= 15 is 0 Å². The zero-order valence-electron chi connectivity index (χ0n) is 11.5. The Balaban J connectivity index is 2.12. The maximum atomic E-state index is 11.3. The molecule has 0 unspecified atom stereocenters. The van der Waals surface area contributed by atoms with Crippen LogP contribution in [0, 0.1) is 0 Å². The maximum absolute atomic E-state index is 11.3. The molecule has 3 aromatic rings. The Morgan fingerprint density at radius 3 is 2.90 bits per heavy atom. The summed E-state index contributed by atoms with van der Waals surface area (Å²) in [5, 5.41) is 9.23. The van der Waals surface area contributed by atoms with Crippen LogP contribution in [0.5, 0.6) is 0 Å². The van der Waals surface area contributed by atoms with Crippen molar-refractivity contribution in [1.29, 1.82) is 0 Å². The fourth-order valence-corrected chi connectivity index (χ4v) is 2.38. The van der Waals surface area contributed by atoms with E-state index in [1.807, 2.05) is 35.8 Å². The number of imidazole rings is 1. The molecule has 0 saturated carbocycles. The first kappa shape index (κ1) is 13.2. The van der Waals surface area contributed by atoms with Gasteiger partial charge in [0.25, 0.3) is 0 Å². The number of hydrogen-bond acceptors (Lipinski definition) is 4. The van der Waals surface area contributed by atoms with Gasteiger partial charge in [0.1, 0.15) is 17.7 Å². The van der Waals surface area contributed by atoms with Gasteiger partial charge in [0.05, 0.1) is 23.3 Å². The zero-order chi connectivity index (χ0) is 14.8. The Hall–Kier alpha value is -2.76. The highest BCUT2D eigenvalue weighted by atomic mass is 16.4. The average Bonchev–Trinajstić information content (AvgIpc) is 2.86. The Bertz CT molecular complexity index is 810. The van der Waals surface area contributed by atoms with Crippen LogP contribution in [0.3, 0.4) is 0 Å². The standard InChI is InChI=1S/C15H14N4O2/c1-2-14-18-11-5-3-4-6-13(11)19(14)8-12-10(15(20)21)7-16-9-17-12/h3-7,9H,2,8H2,1H3,(H,20,21). The molecule has 2 heterocycles. The fourth-order valence-electron chi connectivity index (χ4n) is 2.38. The van der Waals surface area contributed by atoms with Crippen molar-refractivity contribution in [3.05, 3.63) is 53.9 Å². The Morgan fingerprint density at radius 1 is 1.33 bits per heavy atom. The molecular formula is C15H14N4O2. The minimum Gasteiger partial charge on any atom is -0.478 e. The van der Waals surface area contributed by atoms with E-state index < -0.39 is 5.97 Å². The first-order valence-corrected chi connectivity index (χ1v) is 6.67. The second-order valence-electron chi connectivity index (χ2n) is 4.64. The molecule has 0 aliphatic rings. The smallest absolute Gasteiger partial charge is 0.339 e. The van der Waals surface area contributed by atoms with Crippen molar-refractivity contribution in [2.45, 2.75) is 19.9 Å². The van der Waals surface area contributed by atoms with E-state index in [0.717, 1.165) is 23.3 Å². The number of carboxylic acids is 1. The number of aromatic carboxylic acids is 1. The van der Waals surface area contributed by atoms with Crippen LogP contribution >= 0.6 is 0 Å². The fraction of sp³-hybridized carbons (Fsp3) is 0.200. The van der Waals surface area contributed by atoms with Gasteiger partial charge in [-0.15, -0.1) is 0 Å². The molecule has 0 saturated heterocycles. The van der Waals surface area contributed by atoms with Gasteiger partial charge in [0, 0.05) is 12.6 Å². The molecule has 3 rings (SSSR count). The minimum absolute atomic E-state index is 0.123. The Kier molecular flexibility index (Phi) is 3.35. The van der Waals surface area contributed by atoms with Crippen molar-refractivity contribution in [3.63, 3.8) is 0 Å². The molecule has 21 heavy (non-hydrogen) atoms. The van der Waals surface area contributed by atoms with E-state index in [1.165, 1.54) is 12.5 Å². The molecule has 0 atom stereocenters. The largest absolute Gasteiger partial charge is 0.478 e. The number of aromatic nitrogens is 4. The molecule has 2 aromatic heterocycles. The average molecular weight is 282 g/mol. The van der Waals surface area contributed by atoms with Crippen molar-refractivity contribution < 1.29 is 9.90 Å². The van der Waals surface area contributed by atoms with E-state index in [1.54, 1.807) is 0 Å². The lowest BCUT2D eigenvalue weighted by atomic mass is 10.2. The predicted octanol–water partition coefficient (Wildman–Crippen LogP) is 2.14. The summed E-state index contributed by atoms with van der Waals surface area (Å²) in [6.07, 6.45) is 3.46. The highest BCUT2D eigenvalue weighted by molar-refractivity contribution is 5.88. The molecule has 106 valence electrons. The highest BCUT2D eigenvalue weighted by Crippen LogP contribution is 2.18. The summed E-state index contributed by atoms with van der Waals surface area (Å²) < 4.78 is 2.00. The molecule has 0 amide bonds. The third kappa shape index (κ3) is 2.35. The molecule has 0 radical (unpaired) electrons. The summed E-state index contributed by atoms with van der Waals surface area (Å²) in [5.74, 6) is -0.112. The van der Waals surface area contributed by atoms with Gasteiger partial charge >= 0.3 is 5.97 Å². The molecule has 1 aromatic carbocycles. The van der Waals surface area contributed by atoms with Gasteiger partial charge in [-0.25, -0.2) is 19.7 Å². The molecule has 0 bridgehead atoms. The van der Waals surface area contributed by atoms with Gasteiger partial charge < -0.3 is 9.67 Å². The SMILES string of the molecule is CCc1nc2ccccc2n1Cc1ncncc1C(=O)O. The van der Waals surface area contributed by atoms with Gasteiger partial charge in [0.15, 0.2) is 0 Å². The first-order chi connectivity index (χ1) is 10.2. The topological polar surface area (TPSA) is 80.9 Å². The van der Waals surface area contributed by atoms with Crippen molar-refractivity contribution in [1.82, 2.24) is 19.5 Å². The van der Waals surface area contributed by atoms with Gasteiger partial charge in [-0.3, -0.25) is 0 Å². The number of fused-ring (bicyclic) bond motifs is 1. The minimum atomic E-state index is -1.02. The number of hydrogen-bond donors (Lipinski definition) is 1. The number of carbonyl (C=O) groups is 1. The normalized spacial score (nSPS) is 10.9. The third-order valence-electron chi connectivity index (χ3n) is 3.38. The highest BCUT2D eigenvalue weighted by Gasteiger charge is 2.15. The molecule has 0 spiro atoms. The van der Waals surface area contributed by atoms with Crippen LogP contribution in [-0.4, -0.2) is 30.6 Å². The van der Waals surface area contributed by atoms with Gasteiger partial charge in [-0.1, -0.05) is 19.1 Å². The van der Waals surface area contributed by atoms with Crippen LogP contribution in [0.2, 0.25) is 0 Å². The maximum Gasteiger partial charge on any atom is 0.339 e. The van der Waals surface area contributed by atoms with Crippen molar-refractivity contribution in [2.75, 3.05) is 0 Å². The van der Waals surface area contributed by atoms with Crippen LogP contribution in [0.4, 0.5) is 0 Å². The number of rotatable bonds is 4. The summed E-state index contributed by atoms with van der Waals surface area (Å²) in [7, 11) is 0. The molecule has 0 fully saturated rings. The van der Waals surface area contributed by atoms with Gasteiger partial charge in [-0.2, -0.15) is 0 Å². The summed E-state index contributed by atoms with van der Waals surface area (Å²) >= 11 is 0. The monoisotopic (exact) mass is 282 g/mol. The summed E-state index contributed by atoms with van der Waals surface area (Å²) in [5.41, 5.74) is 2.48. The van der Waals surface area contributed by atoms with Crippen LogP contribution in [0.15, 0.2) is 36.8 Å². The lowest BCUT2D eigenvalue weighted by Gasteiger charge is -2.09. The van der Waals surface area contributed by atoms with Gasteiger partial charge in [-0.05, 0) is 12.1 Å². The van der Waals surface area contributed by atoms with Crippen molar-refractivity contribution >= 4 is 17.0 Å². The predicted molar refractivity (Wildman–Crippen MR) is 77.2 cm³/mol. The van der Waals surface area contributed by atoms with E-state index in [9.17, 15) is 9.90 Å². The second kappa shape index (κ2) is 5.32. The first-order valence-electron chi connectivity index (χ1n) is 6.67. The summed E-state index contributed by atoms with van der Waals surface area (Å²) in [6, 6.07) is 7.80. The lowest BCUT2D eigenvalue weighted by molar-refractivity contribution is 0.0694. The van der Waals surface area contributed by atoms with Crippen molar-refractivity contribution in [2.24, 2.45) is 0 Å². The van der Waals surface area contributed by atoms with E-state index in [4.69, 9.17) is 0 Å². The summed E-state index contributed by atoms with van der Waals surface area (Å²) in [4.78, 5) is 23.7. The summed E-state index contributed by atoms with van der Waals surface area (Å²) in [6.45, 7) is 2.39. The van der Waals surface area contributed by atoms with Crippen LogP contribution in [0.25, 0.3) is 11.0 Å². The molecular weight excluding hydrogens is 268 g/mol. The van der Waals surface area contributed by atoms with E-state index in [2.05, 4.69) is 15.0 Å². The Labute approximate surface area is 121 Å². The lowest BCUT2D eigenvalue weighted by Crippen LogP contribution is -2.11. The number of nitrogens with zero attached hydrogens (tertiary/aromatic N) is 4. The van der Waals surface area contributed by atoms with E-state index in [0.29, 0.717) is 12.2 Å². The van der Waals surface area contributed by atoms with E-state index in [-0.39, 0.29) is 5.56 Å². The molecule has 1 N–H and O–H groups in total. The Morgan fingerprint density at radius 2 is 2.14 bits per heavy atom. The third-order valence-corrected chi connectivity index (χ3v) is 3.38. The zero-order valence-corrected chi connectivity index (χ0v) is 11.5. The molecule has 6 heteroatoms. The molecule has 0 aliphatic heterocycles. The van der Waals surface area contributed by atoms with Crippen molar-refractivity contribution in [3.8, 4) is 0 Å². The molecule has 0 aliphatic carbocycles. The number of aryl methyl sites for hydroxylation is 1. The number of benzene rings is 1. The second-order valence-corrected chi connectivity index (χ2v) is 4.64. The number of carboxylic acid groups (broad SMARTS) is 1.